The summed E-state index contributed by atoms with van der Waals surface area (Å²) in [6, 6.07) is 7.48. The number of hydrogen-bond donors (Lipinski definition) is 0. The Bertz CT molecular complexity index is 597. The van der Waals surface area contributed by atoms with E-state index in [1.165, 1.54) is 0 Å². The highest BCUT2D eigenvalue weighted by atomic mass is 32.2. The van der Waals surface area contributed by atoms with Gasteiger partial charge in [0.1, 0.15) is 5.75 Å². The summed E-state index contributed by atoms with van der Waals surface area (Å²) in [4.78, 5) is 12.2. The third-order valence-corrected chi connectivity index (χ3v) is 5.39. The van der Waals surface area contributed by atoms with E-state index in [0.717, 1.165) is 15.6 Å². The summed E-state index contributed by atoms with van der Waals surface area (Å²) in [5.74, 6) is 0.370. The number of benzene rings is 1. The Morgan fingerprint density at radius 3 is 2.70 bits per heavy atom. The number of ether oxygens (including phenoxy) is 1. The van der Waals surface area contributed by atoms with Gasteiger partial charge in [0.25, 0.3) is 0 Å². The highest BCUT2D eigenvalue weighted by molar-refractivity contribution is 7.89. The second-order valence-corrected chi connectivity index (χ2v) is 7.00. The molecule has 110 valence electrons. The number of carbonyl (C=O) groups excluding carboxylic acids is 1. The van der Waals surface area contributed by atoms with Crippen LogP contribution in [0.25, 0.3) is 0 Å². The first-order chi connectivity index (χ1) is 9.45. The van der Waals surface area contributed by atoms with Crippen LogP contribution in [-0.2, 0) is 14.8 Å². The number of methoxy groups -OCH3 is 1. The Labute approximate surface area is 119 Å². The number of carbonyl (C=O) groups is 1. The average Bonchev–Trinajstić information content (AvgIpc) is 2.78. The van der Waals surface area contributed by atoms with E-state index < -0.39 is 10.0 Å². The lowest BCUT2D eigenvalue weighted by molar-refractivity contribution is -0.126. The lowest BCUT2D eigenvalue weighted by atomic mass is 9.96. The van der Waals surface area contributed by atoms with Gasteiger partial charge in [0.05, 0.1) is 12.9 Å². The van der Waals surface area contributed by atoms with Crippen molar-refractivity contribution in [3.05, 3.63) is 29.8 Å². The average molecular weight is 297 g/mol. The third kappa shape index (κ3) is 2.95. The molecule has 1 fully saturated rings. The quantitative estimate of drug-likeness (QED) is 0.849. The molecule has 1 aliphatic heterocycles. The first-order valence-corrected chi connectivity index (χ1v) is 8.23. The van der Waals surface area contributed by atoms with Crippen molar-refractivity contribution in [1.82, 2.24) is 4.31 Å². The van der Waals surface area contributed by atoms with E-state index >= 15 is 0 Å². The topological polar surface area (TPSA) is 63.7 Å². The van der Waals surface area contributed by atoms with Crippen LogP contribution < -0.4 is 4.74 Å². The van der Waals surface area contributed by atoms with Crippen molar-refractivity contribution in [1.29, 1.82) is 0 Å². The molecule has 20 heavy (non-hydrogen) atoms. The summed E-state index contributed by atoms with van der Waals surface area (Å²) in [5, 5.41) is 0. The zero-order chi connectivity index (χ0) is 14.8. The summed E-state index contributed by atoms with van der Waals surface area (Å²) >= 11 is 0. The zero-order valence-electron chi connectivity index (χ0n) is 11.7. The first kappa shape index (κ1) is 14.8. The molecule has 1 amide bonds. The van der Waals surface area contributed by atoms with Crippen molar-refractivity contribution >= 4 is 15.9 Å². The second-order valence-electron chi connectivity index (χ2n) is 4.98. The maximum absolute atomic E-state index is 12.2. The highest BCUT2D eigenvalue weighted by Gasteiger charge is 2.33. The summed E-state index contributed by atoms with van der Waals surface area (Å²) in [6.07, 6.45) is 0.691. The van der Waals surface area contributed by atoms with Gasteiger partial charge >= 0.3 is 0 Å². The summed E-state index contributed by atoms with van der Waals surface area (Å²) in [5.41, 5.74) is 0.917. The number of rotatable bonds is 4. The van der Waals surface area contributed by atoms with Crippen molar-refractivity contribution < 1.29 is 17.9 Å². The number of amides is 1. The van der Waals surface area contributed by atoms with Crippen molar-refractivity contribution in [3.8, 4) is 5.75 Å². The highest BCUT2D eigenvalue weighted by Crippen LogP contribution is 2.29. The molecule has 0 bridgehead atoms. The molecule has 0 aromatic heterocycles. The molecule has 0 unspecified atom stereocenters. The van der Waals surface area contributed by atoms with E-state index in [2.05, 4.69) is 0 Å². The van der Waals surface area contributed by atoms with Crippen molar-refractivity contribution in [2.24, 2.45) is 0 Å². The minimum absolute atomic E-state index is 0.0712. The standard InChI is InChI=1S/C14H19NO4S/c1-11(12-6-3-4-7-13(12)19-2)10-14(16)15-8-5-9-20(15,17)18/h3-4,6-7,11H,5,8-10H2,1-2H3/t11-/m1/s1. The van der Waals surface area contributed by atoms with Gasteiger partial charge in [0.15, 0.2) is 0 Å². The molecule has 0 radical (unpaired) electrons. The van der Waals surface area contributed by atoms with Crippen LogP contribution in [0.3, 0.4) is 0 Å². The van der Waals surface area contributed by atoms with Crippen LogP contribution in [0.2, 0.25) is 0 Å². The Kier molecular flexibility index (Phi) is 4.32. The van der Waals surface area contributed by atoms with E-state index in [4.69, 9.17) is 4.74 Å². The molecule has 2 rings (SSSR count). The molecule has 1 aliphatic rings. The molecule has 1 heterocycles. The molecule has 1 aromatic carbocycles. The molecule has 0 N–H and O–H groups in total. The predicted octanol–water partition coefficient (Wildman–Crippen LogP) is 1.75. The van der Waals surface area contributed by atoms with Gasteiger partial charge in [-0.05, 0) is 24.0 Å². The van der Waals surface area contributed by atoms with E-state index in [9.17, 15) is 13.2 Å². The Balaban J connectivity index is 2.12. The first-order valence-electron chi connectivity index (χ1n) is 6.62. The van der Waals surface area contributed by atoms with Gasteiger partial charge in [0, 0.05) is 13.0 Å². The van der Waals surface area contributed by atoms with Crippen LogP contribution in [-0.4, -0.2) is 38.0 Å². The molecule has 0 aliphatic carbocycles. The zero-order valence-corrected chi connectivity index (χ0v) is 12.5. The van der Waals surface area contributed by atoms with E-state index in [-0.39, 0.29) is 24.0 Å². The maximum Gasteiger partial charge on any atom is 0.237 e. The lowest BCUT2D eigenvalue weighted by Crippen LogP contribution is -2.33. The van der Waals surface area contributed by atoms with Gasteiger partial charge in [-0.15, -0.1) is 0 Å². The van der Waals surface area contributed by atoms with Crippen LogP contribution in [0.4, 0.5) is 0 Å². The molecule has 1 saturated heterocycles. The van der Waals surface area contributed by atoms with Gasteiger partial charge in [-0.1, -0.05) is 25.1 Å². The third-order valence-electron chi connectivity index (χ3n) is 3.53. The fourth-order valence-corrected chi connectivity index (χ4v) is 3.97. The SMILES string of the molecule is COc1ccccc1[C@H](C)CC(=O)N1CCCS1(=O)=O. The molecular formula is C14H19NO4S. The number of nitrogens with zero attached hydrogens (tertiary/aromatic N) is 1. The van der Waals surface area contributed by atoms with Gasteiger partial charge < -0.3 is 4.74 Å². The van der Waals surface area contributed by atoms with Gasteiger partial charge in [-0.3, -0.25) is 4.79 Å². The van der Waals surface area contributed by atoms with Crippen LogP contribution in [0, 0.1) is 0 Å². The molecule has 6 heteroatoms. The molecule has 5 nitrogen and oxygen atoms in total. The number of sulfonamides is 1. The van der Waals surface area contributed by atoms with Gasteiger partial charge in [-0.25, -0.2) is 12.7 Å². The molecule has 1 atom stereocenters. The Morgan fingerprint density at radius 1 is 1.40 bits per heavy atom. The smallest absolute Gasteiger partial charge is 0.237 e. The fraction of sp³-hybridized carbons (Fsp3) is 0.500. The van der Waals surface area contributed by atoms with Crippen LogP contribution in [0.15, 0.2) is 24.3 Å². The number of para-hydroxylation sites is 1. The minimum Gasteiger partial charge on any atom is -0.496 e. The summed E-state index contributed by atoms with van der Waals surface area (Å²) in [6.45, 7) is 2.21. The summed E-state index contributed by atoms with van der Waals surface area (Å²) in [7, 11) is -1.80. The summed E-state index contributed by atoms with van der Waals surface area (Å²) < 4.78 is 29.7. The second kappa shape index (κ2) is 5.83. The molecule has 0 saturated carbocycles. The minimum atomic E-state index is -3.38. The molecule has 0 spiro atoms. The van der Waals surface area contributed by atoms with E-state index in [0.29, 0.717) is 13.0 Å². The van der Waals surface area contributed by atoms with Crippen LogP contribution in [0.5, 0.6) is 5.75 Å². The monoisotopic (exact) mass is 297 g/mol. The van der Waals surface area contributed by atoms with Crippen molar-refractivity contribution in [3.63, 3.8) is 0 Å². The Morgan fingerprint density at radius 2 is 2.10 bits per heavy atom. The molecule has 1 aromatic rings. The van der Waals surface area contributed by atoms with Gasteiger partial charge in [-0.2, -0.15) is 0 Å². The van der Waals surface area contributed by atoms with Gasteiger partial charge in [0.2, 0.25) is 15.9 Å². The predicted molar refractivity (Wildman–Crippen MR) is 76.1 cm³/mol. The van der Waals surface area contributed by atoms with Crippen LogP contribution >= 0.6 is 0 Å². The largest absolute Gasteiger partial charge is 0.496 e. The van der Waals surface area contributed by atoms with Crippen molar-refractivity contribution in [2.45, 2.75) is 25.7 Å². The number of hydrogen-bond acceptors (Lipinski definition) is 4. The fourth-order valence-electron chi connectivity index (χ4n) is 2.47. The van der Waals surface area contributed by atoms with Crippen molar-refractivity contribution in [2.75, 3.05) is 19.4 Å². The maximum atomic E-state index is 12.2. The van der Waals surface area contributed by atoms with E-state index in [1.807, 2.05) is 31.2 Å². The van der Waals surface area contributed by atoms with E-state index in [1.54, 1.807) is 7.11 Å². The molecular weight excluding hydrogens is 278 g/mol. The lowest BCUT2D eigenvalue weighted by Gasteiger charge is -2.19. The normalized spacial score (nSPS) is 18.8. The van der Waals surface area contributed by atoms with Crippen LogP contribution in [0.1, 0.15) is 31.2 Å². The Hall–Kier alpha value is -1.56.